The first kappa shape index (κ1) is 27.5. The molecule has 0 saturated heterocycles. The van der Waals surface area contributed by atoms with Crippen molar-refractivity contribution in [2.45, 2.75) is 59.5 Å². The van der Waals surface area contributed by atoms with Gasteiger partial charge in [-0.15, -0.1) is 11.3 Å². The average molecular weight is 490 g/mol. The fourth-order valence-corrected chi connectivity index (χ4v) is 4.44. The van der Waals surface area contributed by atoms with Gasteiger partial charge in [0.1, 0.15) is 6.54 Å². The zero-order valence-corrected chi connectivity index (χ0v) is 22.4. The number of benzene rings is 1. The van der Waals surface area contributed by atoms with E-state index in [1.165, 1.54) is 4.88 Å². The highest BCUT2D eigenvalue weighted by Gasteiger charge is 2.24. The smallest absolute Gasteiger partial charge is 0.318 e. The van der Waals surface area contributed by atoms with E-state index in [1.807, 2.05) is 50.8 Å². The summed E-state index contributed by atoms with van der Waals surface area (Å²) in [5, 5.41) is 2.98. The molecule has 3 amide bonds. The molecule has 0 fully saturated rings. The molecule has 1 N–H and O–H groups in total. The Morgan fingerprint density at radius 3 is 2.26 bits per heavy atom. The van der Waals surface area contributed by atoms with E-state index < -0.39 is 0 Å². The predicted molar refractivity (Wildman–Crippen MR) is 138 cm³/mol. The lowest BCUT2D eigenvalue weighted by Crippen LogP contribution is -2.51. The third-order valence-corrected chi connectivity index (χ3v) is 6.19. The van der Waals surface area contributed by atoms with Crippen LogP contribution in [-0.2, 0) is 17.8 Å². The van der Waals surface area contributed by atoms with Crippen LogP contribution in [0.25, 0.3) is 0 Å². The molecule has 0 bridgehead atoms. The van der Waals surface area contributed by atoms with Gasteiger partial charge in [0.15, 0.2) is 11.5 Å². The van der Waals surface area contributed by atoms with Gasteiger partial charge in [0.05, 0.1) is 20.8 Å². The van der Waals surface area contributed by atoms with Gasteiger partial charge in [0, 0.05) is 28.4 Å². The molecule has 2 rings (SSSR count). The van der Waals surface area contributed by atoms with Crippen LogP contribution in [0.2, 0.25) is 0 Å². The first-order valence-corrected chi connectivity index (χ1v) is 12.5. The van der Waals surface area contributed by atoms with Crippen molar-refractivity contribution >= 4 is 23.3 Å². The quantitative estimate of drug-likeness (QED) is 0.489. The normalized spacial score (nSPS) is 11.1. The van der Waals surface area contributed by atoms with Crippen LogP contribution in [0.15, 0.2) is 30.3 Å². The van der Waals surface area contributed by atoms with Crippen LogP contribution in [-0.4, -0.2) is 61.1 Å². The Morgan fingerprint density at radius 2 is 1.71 bits per heavy atom. The molecule has 8 heteroatoms. The first-order valence-electron chi connectivity index (χ1n) is 11.7. The Bertz CT molecular complexity index is 952. The minimum absolute atomic E-state index is 0.0477. The van der Waals surface area contributed by atoms with E-state index >= 15 is 0 Å². The lowest BCUT2D eigenvalue weighted by Gasteiger charge is -2.30. The second kappa shape index (κ2) is 12.6. The Morgan fingerprint density at radius 1 is 1.00 bits per heavy atom. The summed E-state index contributed by atoms with van der Waals surface area (Å²) in [6.07, 6.45) is 1.44. The lowest BCUT2D eigenvalue weighted by atomic mass is 10.1. The van der Waals surface area contributed by atoms with Crippen molar-refractivity contribution in [1.82, 2.24) is 15.1 Å². The fourth-order valence-electron chi connectivity index (χ4n) is 3.54. The van der Waals surface area contributed by atoms with Gasteiger partial charge in [-0.1, -0.05) is 13.0 Å². The number of amides is 3. The van der Waals surface area contributed by atoms with Crippen LogP contribution in [0, 0.1) is 6.92 Å². The summed E-state index contributed by atoms with van der Waals surface area (Å²) >= 11 is 1.69. The first-order chi connectivity index (χ1) is 16.1. The Balaban J connectivity index is 2.18. The lowest BCUT2D eigenvalue weighted by molar-refractivity contribution is -0.132. The molecule has 2 aromatic rings. The third-order valence-electron chi connectivity index (χ3n) is 5.20. The van der Waals surface area contributed by atoms with Crippen molar-refractivity contribution in [3.63, 3.8) is 0 Å². The van der Waals surface area contributed by atoms with Crippen molar-refractivity contribution in [1.29, 1.82) is 0 Å². The highest BCUT2D eigenvalue weighted by atomic mass is 32.1. The number of urea groups is 1. The monoisotopic (exact) mass is 489 g/mol. The molecule has 0 aliphatic carbocycles. The second-order valence-corrected chi connectivity index (χ2v) is 10.7. The largest absolute Gasteiger partial charge is 0.493 e. The summed E-state index contributed by atoms with van der Waals surface area (Å²) in [7, 11) is 3.22. The average Bonchev–Trinajstić information content (AvgIpc) is 3.19. The molecule has 1 aromatic carbocycles. The van der Waals surface area contributed by atoms with Gasteiger partial charge in [-0.2, -0.15) is 0 Å². The number of nitrogens with one attached hydrogen (secondary N) is 1. The van der Waals surface area contributed by atoms with Crippen LogP contribution >= 0.6 is 11.3 Å². The number of carbonyl (C=O) groups is 2. The minimum atomic E-state index is -0.367. The molecule has 1 heterocycles. The summed E-state index contributed by atoms with van der Waals surface area (Å²) in [5.41, 5.74) is 0.682. The van der Waals surface area contributed by atoms with Crippen molar-refractivity contribution in [2.75, 3.05) is 33.9 Å². The number of rotatable bonds is 11. The van der Waals surface area contributed by atoms with E-state index in [9.17, 15) is 9.59 Å². The summed E-state index contributed by atoms with van der Waals surface area (Å²) in [5.74, 6) is 1.28. The van der Waals surface area contributed by atoms with Crippen LogP contribution < -0.4 is 14.8 Å². The van der Waals surface area contributed by atoms with Crippen molar-refractivity contribution in [3.05, 3.63) is 45.6 Å². The maximum Gasteiger partial charge on any atom is 0.318 e. The van der Waals surface area contributed by atoms with E-state index in [1.54, 1.807) is 30.5 Å². The summed E-state index contributed by atoms with van der Waals surface area (Å²) < 4.78 is 10.7. The number of thiophene rings is 1. The molecule has 188 valence electrons. The molecule has 0 aliphatic rings. The van der Waals surface area contributed by atoms with Gasteiger partial charge >= 0.3 is 6.03 Å². The zero-order chi connectivity index (χ0) is 25.3. The number of hydrogen-bond acceptors (Lipinski definition) is 5. The summed E-state index contributed by atoms with van der Waals surface area (Å²) in [4.78, 5) is 32.0. The van der Waals surface area contributed by atoms with Gasteiger partial charge in [-0.05, 0) is 70.4 Å². The van der Waals surface area contributed by atoms with E-state index in [-0.39, 0.29) is 24.0 Å². The van der Waals surface area contributed by atoms with E-state index in [0.717, 1.165) is 16.9 Å². The third kappa shape index (κ3) is 8.56. The van der Waals surface area contributed by atoms with Crippen LogP contribution in [0.5, 0.6) is 11.5 Å². The number of methoxy groups -OCH3 is 2. The molecular formula is C26H39N3O4S. The van der Waals surface area contributed by atoms with Crippen molar-refractivity contribution < 1.29 is 19.1 Å². The van der Waals surface area contributed by atoms with Crippen LogP contribution in [0.1, 0.15) is 49.4 Å². The molecule has 0 atom stereocenters. The van der Waals surface area contributed by atoms with Gasteiger partial charge in [0.25, 0.3) is 0 Å². The van der Waals surface area contributed by atoms with Gasteiger partial charge < -0.3 is 24.6 Å². The van der Waals surface area contributed by atoms with E-state index in [4.69, 9.17) is 9.47 Å². The summed E-state index contributed by atoms with van der Waals surface area (Å²) in [6.45, 7) is 11.5. The number of nitrogens with zero attached hydrogens (tertiary/aromatic N) is 2. The highest BCUT2D eigenvalue weighted by Crippen LogP contribution is 2.28. The topological polar surface area (TPSA) is 71.1 Å². The number of ether oxygens (including phenoxy) is 2. The van der Waals surface area contributed by atoms with Crippen LogP contribution in [0.4, 0.5) is 4.79 Å². The number of carbonyl (C=O) groups excluding carboxylic acids is 2. The Hall–Kier alpha value is -2.74. The van der Waals surface area contributed by atoms with Crippen molar-refractivity contribution in [2.24, 2.45) is 0 Å². The molecule has 0 unspecified atom stereocenters. The molecule has 0 saturated carbocycles. The highest BCUT2D eigenvalue weighted by molar-refractivity contribution is 7.11. The predicted octanol–water partition coefficient (Wildman–Crippen LogP) is 4.87. The molecule has 1 aromatic heterocycles. The maximum absolute atomic E-state index is 13.4. The SMILES string of the molecule is CCCN(CC(=O)N(CCc1ccc(OC)c(OC)c1)Cc1ccc(C)s1)C(=O)NC(C)(C)C. The molecule has 0 aliphatic heterocycles. The Labute approximate surface area is 208 Å². The molecular weight excluding hydrogens is 450 g/mol. The molecule has 0 spiro atoms. The van der Waals surface area contributed by atoms with Gasteiger partial charge in [0.2, 0.25) is 5.91 Å². The van der Waals surface area contributed by atoms with Gasteiger partial charge in [-0.25, -0.2) is 4.79 Å². The molecule has 0 radical (unpaired) electrons. The second-order valence-electron chi connectivity index (χ2n) is 9.37. The number of hydrogen-bond donors (Lipinski definition) is 1. The fraction of sp³-hybridized carbons (Fsp3) is 0.538. The minimum Gasteiger partial charge on any atom is -0.493 e. The van der Waals surface area contributed by atoms with Crippen molar-refractivity contribution in [3.8, 4) is 11.5 Å². The summed E-state index contributed by atoms with van der Waals surface area (Å²) in [6, 6.07) is 9.72. The zero-order valence-electron chi connectivity index (χ0n) is 21.6. The van der Waals surface area contributed by atoms with E-state index in [2.05, 4.69) is 24.4 Å². The standard InChI is InChI=1S/C26H39N3O4S/c1-8-14-29(25(31)27-26(3,4)5)18-24(30)28(17-21-11-9-19(2)34-21)15-13-20-10-12-22(32-6)23(16-20)33-7/h9-12,16H,8,13-15,17-18H2,1-7H3,(H,27,31). The number of aryl methyl sites for hydroxylation is 1. The molecule has 34 heavy (non-hydrogen) atoms. The van der Waals surface area contributed by atoms with Gasteiger partial charge in [-0.3, -0.25) is 4.79 Å². The Kier molecular flexibility index (Phi) is 10.2. The van der Waals surface area contributed by atoms with Crippen LogP contribution in [0.3, 0.4) is 0 Å². The maximum atomic E-state index is 13.4. The molecule has 7 nitrogen and oxygen atoms in total. The van der Waals surface area contributed by atoms with E-state index in [0.29, 0.717) is 37.6 Å².